The SMILES string of the molecule is CCN1CCN(S(=O)(=O)c2ccc(NC(=O)C3CCCN(C(=O)c4cccs4)C3)cc2)CC1. The second-order valence-corrected chi connectivity index (χ2v) is 11.3. The predicted molar refractivity (Wildman–Crippen MR) is 129 cm³/mol. The zero-order valence-electron chi connectivity index (χ0n) is 18.8. The van der Waals surface area contributed by atoms with Gasteiger partial charge < -0.3 is 15.1 Å². The highest BCUT2D eigenvalue weighted by atomic mass is 32.2. The number of likely N-dealkylation sites (tertiary alicyclic amines) is 1. The van der Waals surface area contributed by atoms with Gasteiger partial charge in [0, 0.05) is 45.0 Å². The fraction of sp³-hybridized carbons (Fsp3) is 0.478. The Morgan fingerprint density at radius 3 is 2.42 bits per heavy atom. The Morgan fingerprint density at radius 1 is 1.06 bits per heavy atom. The molecule has 0 radical (unpaired) electrons. The molecule has 1 aromatic carbocycles. The number of anilines is 1. The minimum absolute atomic E-state index is 0.0307. The van der Waals surface area contributed by atoms with E-state index < -0.39 is 10.0 Å². The van der Waals surface area contributed by atoms with Crippen molar-refractivity contribution in [3.63, 3.8) is 0 Å². The average Bonchev–Trinajstić information content (AvgIpc) is 3.39. The molecule has 8 nitrogen and oxygen atoms in total. The quantitative estimate of drug-likeness (QED) is 0.672. The molecule has 1 unspecified atom stereocenters. The first kappa shape index (κ1) is 23.9. The van der Waals surface area contributed by atoms with Crippen LogP contribution in [0, 0.1) is 5.92 Å². The molecule has 1 atom stereocenters. The van der Waals surface area contributed by atoms with Crippen molar-refractivity contribution in [1.82, 2.24) is 14.1 Å². The lowest BCUT2D eigenvalue weighted by Gasteiger charge is -2.33. The number of rotatable bonds is 6. The van der Waals surface area contributed by atoms with Crippen LogP contribution >= 0.6 is 11.3 Å². The van der Waals surface area contributed by atoms with Crippen LogP contribution < -0.4 is 5.32 Å². The summed E-state index contributed by atoms with van der Waals surface area (Å²) in [7, 11) is -3.55. The third-order valence-electron chi connectivity index (χ3n) is 6.35. The van der Waals surface area contributed by atoms with E-state index in [4.69, 9.17) is 0 Å². The first-order chi connectivity index (χ1) is 15.9. The molecule has 0 saturated carbocycles. The van der Waals surface area contributed by atoms with E-state index in [9.17, 15) is 18.0 Å². The molecular formula is C23H30N4O4S2. The number of thiophene rings is 1. The minimum Gasteiger partial charge on any atom is -0.337 e. The van der Waals surface area contributed by atoms with E-state index in [2.05, 4.69) is 17.1 Å². The Bertz CT molecular complexity index is 1060. The molecule has 1 N–H and O–H groups in total. The van der Waals surface area contributed by atoms with Gasteiger partial charge >= 0.3 is 0 Å². The van der Waals surface area contributed by atoms with E-state index >= 15 is 0 Å². The van der Waals surface area contributed by atoms with E-state index in [1.165, 1.54) is 15.6 Å². The summed E-state index contributed by atoms with van der Waals surface area (Å²) in [4.78, 5) is 30.3. The highest BCUT2D eigenvalue weighted by molar-refractivity contribution is 7.89. The molecule has 0 bridgehead atoms. The Morgan fingerprint density at radius 2 is 1.79 bits per heavy atom. The van der Waals surface area contributed by atoms with Gasteiger partial charge in [0.2, 0.25) is 15.9 Å². The lowest BCUT2D eigenvalue weighted by atomic mass is 9.97. The summed E-state index contributed by atoms with van der Waals surface area (Å²) >= 11 is 1.40. The molecule has 1 aromatic heterocycles. The number of amides is 2. The Balaban J connectivity index is 1.35. The van der Waals surface area contributed by atoms with Crippen molar-refractivity contribution in [1.29, 1.82) is 0 Å². The standard InChI is InChI=1S/C23H30N4O4S2/c1-2-25-12-14-27(15-13-25)33(30,31)20-9-7-19(8-10-20)24-22(28)18-5-3-11-26(17-18)23(29)21-6-4-16-32-21/h4,6-10,16,18H,2-3,5,11-15,17H2,1H3,(H,24,28). The van der Waals surface area contributed by atoms with Gasteiger partial charge in [-0.1, -0.05) is 13.0 Å². The van der Waals surface area contributed by atoms with Gasteiger partial charge in [0.15, 0.2) is 0 Å². The highest BCUT2D eigenvalue weighted by Crippen LogP contribution is 2.23. The molecule has 2 aliphatic rings. The van der Waals surface area contributed by atoms with Crippen LogP contribution in [0.15, 0.2) is 46.7 Å². The van der Waals surface area contributed by atoms with Crippen LogP contribution in [0.3, 0.4) is 0 Å². The summed E-state index contributed by atoms with van der Waals surface area (Å²) in [6.07, 6.45) is 1.49. The summed E-state index contributed by atoms with van der Waals surface area (Å²) in [6.45, 7) is 6.47. The van der Waals surface area contributed by atoms with Crippen molar-refractivity contribution in [3.05, 3.63) is 46.7 Å². The fourth-order valence-corrected chi connectivity index (χ4v) is 6.43. The minimum atomic E-state index is -3.55. The molecule has 3 heterocycles. The average molecular weight is 491 g/mol. The predicted octanol–water partition coefficient (Wildman–Crippen LogP) is 2.57. The van der Waals surface area contributed by atoms with Gasteiger partial charge in [0.1, 0.15) is 0 Å². The van der Waals surface area contributed by atoms with Gasteiger partial charge in [0.05, 0.1) is 15.7 Å². The van der Waals surface area contributed by atoms with E-state index in [-0.39, 0.29) is 22.6 Å². The van der Waals surface area contributed by atoms with Crippen LogP contribution in [-0.2, 0) is 14.8 Å². The number of hydrogen-bond donors (Lipinski definition) is 1. The summed E-state index contributed by atoms with van der Waals surface area (Å²) < 4.78 is 27.4. The van der Waals surface area contributed by atoms with Crippen LogP contribution in [0.1, 0.15) is 29.4 Å². The van der Waals surface area contributed by atoms with Crippen molar-refractivity contribution in [2.24, 2.45) is 5.92 Å². The summed E-state index contributed by atoms with van der Waals surface area (Å²) in [5, 5.41) is 4.76. The summed E-state index contributed by atoms with van der Waals surface area (Å²) in [6, 6.07) is 10.0. The van der Waals surface area contributed by atoms with Crippen molar-refractivity contribution in [3.8, 4) is 0 Å². The number of carbonyl (C=O) groups is 2. The van der Waals surface area contributed by atoms with Crippen LogP contribution in [-0.4, -0.2) is 80.2 Å². The molecule has 2 aliphatic heterocycles. The third-order valence-corrected chi connectivity index (χ3v) is 9.12. The monoisotopic (exact) mass is 490 g/mol. The molecule has 4 rings (SSSR count). The summed E-state index contributed by atoms with van der Waals surface area (Å²) in [5.41, 5.74) is 0.552. The largest absolute Gasteiger partial charge is 0.337 e. The summed E-state index contributed by atoms with van der Waals surface area (Å²) in [5.74, 6) is -0.470. The molecule has 0 spiro atoms. The number of carbonyl (C=O) groups excluding carboxylic acids is 2. The maximum atomic E-state index is 12.9. The first-order valence-corrected chi connectivity index (χ1v) is 13.7. The molecule has 10 heteroatoms. The highest BCUT2D eigenvalue weighted by Gasteiger charge is 2.30. The lowest BCUT2D eigenvalue weighted by molar-refractivity contribution is -0.121. The van der Waals surface area contributed by atoms with Gasteiger partial charge in [-0.2, -0.15) is 4.31 Å². The van der Waals surface area contributed by atoms with Gasteiger partial charge in [-0.25, -0.2) is 8.42 Å². The van der Waals surface area contributed by atoms with Crippen LogP contribution in [0.2, 0.25) is 0 Å². The van der Waals surface area contributed by atoms with E-state index in [0.717, 1.165) is 32.5 Å². The number of sulfonamides is 1. The number of nitrogens with one attached hydrogen (secondary N) is 1. The second kappa shape index (κ2) is 10.3. The van der Waals surface area contributed by atoms with Crippen molar-refractivity contribution in [2.75, 3.05) is 51.1 Å². The fourth-order valence-electron chi connectivity index (χ4n) is 4.32. The molecule has 2 aromatic rings. The van der Waals surface area contributed by atoms with Crippen molar-refractivity contribution >= 4 is 38.9 Å². The topological polar surface area (TPSA) is 90.0 Å². The Labute approximate surface area is 199 Å². The van der Waals surface area contributed by atoms with Gasteiger partial charge in [-0.05, 0) is 55.1 Å². The molecule has 2 fully saturated rings. The molecule has 178 valence electrons. The van der Waals surface area contributed by atoms with E-state index in [1.807, 2.05) is 11.4 Å². The smallest absolute Gasteiger partial charge is 0.263 e. The molecule has 33 heavy (non-hydrogen) atoms. The number of likely N-dealkylation sites (N-methyl/N-ethyl adjacent to an activating group) is 1. The zero-order valence-corrected chi connectivity index (χ0v) is 20.4. The number of benzene rings is 1. The maximum absolute atomic E-state index is 12.9. The zero-order chi connectivity index (χ0) is 23.4. The van der Waals surface area contributed by atoms with Gasteiger partial charge in [-0.15, -0.1) is 11.3 Å². The molecule has 2 saturated heterocycles. The number of piperidine rings is 1. The van der Waals surface area contributed by atoms with E-state index in [1.54, 1.807) is 35.2 Å². The van der Waals surface area contributed by atoms with Crippen LogP contribution in [0.25, 0.3) is 0 Å². The molecular weight excluding hydrogens is 460 g/mol. The first-order valence-electron chi connectivity index (χ1n) is 11.3. The Hall–Kier alpha value is -2.27. The Kier molecular flexibility index (Phi) is 7.48. The van der Waals surface area contributed by atoms with Crippen LogP contribution in [0.4, 0.5) is 5.69 Å². The van der Waals surface area contributed by atoms with Gasteiger partial charge in [-0.3, -0.25) is 9.59 Å². The molecule has 0 aliphatic carbocycles. The van der Waals surface area contributed by atoms with Gasteiger partial charge in [0.25, 0.3) is 5.91 Å². The lowest BCUT2D eigenvalue weighted by Crippen LogP contribution is -2.48. The normalized spacial score (nSPS) is 20.5. The maximum Gasteiger partial charge on any atom is 0.263 e. The van der Waals surface area contributed by atoms with Crippen LogP contribution in [0.5, 0.6) is 0 Å². The third kappa shape index (κ3) is 5.46. The number of nitrogens with zero attached hydrogens (tertiary/aromatic N) is 3. The van der Waals surface area contributed by atoms with Crippen molar-refractivity contribution < 1.29 is 18.0 Å². The number of piperazine rings is 1. The second-order valence-electron chi connectivity index (χ2n) is 8.42. The van der Waals surface area contributed by atoms with E-state index in [0.29, 0.717) is 36.7 Å². The molecule has 2 amide bonds. The van der Waals surface area contributed by atoms with Crippen molar-refractivity contribution in [2.45, 2.75) is 24.7 Å². The number of hydrogen-bond acceptors (Lipinski definition) is 6.